The van der Waals surface area contributed by atoms with Crippen LogP contribution in [0.3, 0.4) is 0 Å². The molecule has 2 fully saturated rings. The van der Waals surface area contributed by atoms with Gasteiger partial charge in [-0.15, -0.1) is 0 Å². The maximum atomic E-state index is 12.5. The number of piperidine rings is 1. The summed E-state index contributed by atoms with van der Waals surface area (Å²) in [7, 11) is 0. The third-order valence-corrected chi connectivity index (χ3v) is 4.38. The van der Waals surface area contributed by atoms with E-state index < -0.39 is 5.60 Å². The maximum Gasteiger partial charge on any atom is 0.410 e. The molecule has 2 aliphatic heterocycles. The second-order valence-corrected chi connectivity index (χ2v) is 7.21. The number of amides is 2. The second kappa shape index (κ2) is 5.48. The van der Waals surface area contributed by atoms with Crippen molar-refractivity contribution in [3.63, 3.8) is 0 Å². The van der Waals surface area contributed by atoms with Crippen LogP contribution in [0, 0.1) is 5.92 Å². The number of likely N-dealkylation sites (tertiary alicyclic amines) is 1. The number of nitrogens with two attached hydrogens (primary N) is 1. The summed E-state index contributed by atoms with van der Waals surface area (Å²) in [4.78, 5) is 28.1. The fourth-order valence-electron chi connectivity index (χ4n) is 2.82. The molecule has 0 aromatic carbocycles. The van der Waals surface area contributed by atoms with Crippen LogP contribution < -0.4 is 5.73 Å². The van der Waals surface area contributed by atoms with Gasteiger partial charge in [0.25, 0.3) is 0 Å². The van der Waals surface area contributed by atoms with E-state index >= 15 is 0 Å². The molecular weight excluding hydrogens is 270 g/mol. The molecule has 0 spiro atoms. The Labute approximate surface area is 126 Å². The molecule has 4 unspecified atom stereocenters. The predicted molar refractivity (Wildman–Crippen MR) is 79.7 cm³/mol. The molecular formula is C15H27N3O3. The van der Waals surface area contributed by atoms with Crippen LogP contribution in [0.1, 0.15) is 41.0 Å². The Bertz CT molecular complexity index is 424. The average molecular weight is 297 g/mol. The SMILES string of the molecule is CC1C(C)N1C(=O)C1CN(C(=O)OC(C)(C)C)CCC1N. The van der Waals surface area contributed by atoms with Gasteiger partial charge >= 0.3 is 6.09 Å². The molecule has 6 heteroatoms. The molecule has 0 aromatic heterocycles. The lowest BCUT2D eigenvalue weighted by molar-refractivity contribution is -0.132. The van der Waals surface area contributed by atoms with Gasteiger partial charge in [-0.2, -0.15) is 0 Å². The van der Waals surface area contributed by atoms with Crippen LogP contribution in [0.25, 0.3) is 0 Å². The van der Waals surface area contributed by atoms with E-state index in [-0.39, 0.29) is 36.0 Å². The highest BCUT2D eigenvalue weighted by Crippen LogP contribution is 2.31. The number of hydrogen-bond acceptors (Lipinski definition) is 4. The van der Waals surface area contributed by atoms with Crippen LogP contribution >= 0.6 is 0 Å². The molecule has 0 saturated carbocycles. The van der Waals surface area contributed by atoms with Crippen molar-refractivity contribution < 1.29 is 14.3 Å². The molecule has 21 heavy (non-hydrogen) atoms. The number of nitrogens with zero attached hydrogens (tertiary/aromatic N) is 2. The smallest absolute Gasteiger partial charge is 0.410 e. The highest BCUT2D eigenvalue weighted by molar-refractivity contribution is 5.83. The summed E-state index contributed by atoms with van der Waals surface area (Å²) < 4.78 is 5.38. The van der Waals surface area contributed by atoms with Gasteiger partial charge in [0.2, 0.25) is 5.91 Å². The summed E-state index contributed by atoms with van der Waals surface area (Å²) in [6, 6.07) is 0.374. The second-order valence-electron chi connectivity index (χ2n) is 7.21. The number of ether oxygens (including phenoxy) is 1. The third kappa shape index (κ3) is 3.48. The van der Waals surface area contributed by atoms with Crippen molar-refractivity contribution in [2.24, 2.45) is 11.7 Å². The zero-order valence-electron chi connectivity index (χ0n) is 13.6. The fourth-order valence-corrected chi connectivity index (χ4v) is 2.82. The van der Waals surface area contributed by atoms with E-state index in [4.69, 9.17) is 10.5 Å². The molecule has 6 nitrogen and oxygen atoms in total. The van der Waals surface area contributed by atoms with E-state index in [2.05, 4.69) is 0 Å². The van der Waals surface area contributed by atoms with Crippen LogP contribution in [0.4, 0.5) is 4.79 Å². The summed E-state index contributed by atoms with van der Waals surface area (Å²) in [6.45, 7) is 10.5. The van der Waals surface area contributed by atoms with Crippen molar-refractivity contribution in [2.45, 2.75) is 64.8 Å². The van der Waals surface area contributed by atoms with Crippen LogP contribution in [-0.2, 0) is 9.53 Å². The van der Waals surface area contributed by atoms with E-state index in [0.29, 0.717) is 19.5 Å². The first-order chi connectivity index (χ1) is 9.61. The lowest BCUT2D eigenvalue weighted by Gasteiger charge is -2.37. The van der Waals surface area contributed by atoms with Crippen molar-refractivity contribution in [2.75, 3.05) is 13.1 Å². The van der Waals surface area contributed by atoms with Crippen LogP contribution in [-0.4, -0.2) is 58.6 Å². The van der Waals surface area contributed by atoms with Crippen LogP contribution in [0.5, 0.6) is 0 Å². The number of hydrogen-bond donors (Lipinski definition) is 1. The summed E-state index contributed by atoms with van der Waals surface area (Å²) in [6.07, 6.45) is 0.269. The lowest BCUT2D eigenvalue weighted by atomic mass is 9.92. The predicted octanol–water partition coefficient (Wildman–Crippen LogP) is 1.19. The molecule has 2 aliphatic rings. The Kier molecular flexibility index (Phi) is 4.19. The summed E-state index contributed by atoms with van der Waals surface area (Å²) >= 11 is 0. The van der Waals surface area contributed by atoms with Gasteiger partial charge in [-0.05, 0) is 41.0 Å². The highest BCUT2D eigenvalue weighted by atomic mass is 16.6. The van der Waals surface area contributed by atoms with Crippen LogP contribution in [0.2, 0.25) is 0 Å². The van der Waals surface area contributed by atoms with Crippen molar-refractivity contribution >= 4 is 12.0 Å². The third-order valence-electron chi connectivity index (χ3n) is 4.38. The quantitative estimate of drug-likeness (QED) is 0.738. The molecule has 4 atom stereocenters. The Hall–Kier alpha value is -1.30. The molecule has 2 heterocycles. The number of rotatable bonds is 1. The van der Waals surface area contributed by atoms with Crippen molar-refractivity contribution in [1.29, 1.82) is 0 Å². The first-order valence-electron chi connectivity index (χ1n) is 7.67. The molecule has 120 valence electrons. The monoisotopic (exact) mass is 297 g/mol. The summed E-state index contributed by atoms with van der Waals surface area (Å²) in [5.74, 6) is -0.255. The van der Waals surface area contributed by atoms with Gasteiger partial charge in [-0.1, -0.05) is 0 Å². The minimum Gasteiger partial charge on any atom is -0.444 e. The minimum absolute atomic E-state index is 0.0655. The topological polar surface area (TPSA) is 75.6 Å². The standard InChI is InChI=1S/C15H27N3O3/c1-9-10(2)18(9)13(19)11-8-17(7-6-12(11)16)14(20)21-15(3,4)5/h9-12H,6-8,16H2,1-5H3. The Balaban J connectivity index is 1.99. The maximum absolute atomic E-state index is 12.5. The normalized spacial score (nSPS) is 32.9. The minimum atomic E-state index is -0.529. The van der Waals surface area contributed by atoms with Gasteiger partial charge < -0.3 is 20.3 Å². The molecule has 2 amide bonds. The molecule has 0 aromatic rings. The number of carbonyl (C=O) groups excluding carboxylic acids is 2. The van der Waals surface area contributed by atoms with E-state index in [9.17, 15) is 9.59 Å². The van der Waals surface area contributed by atoms with Crippen molar-refractivity contribution in [1.82, 2.24) is 9.80 Å². The molecule has 0 aliphatic carbocycles. The Morgan fingerprint density at radius 1 is 1.19 bits per heavy atom. The first kappa shape index (κ1) is 16.1. The molecule has 2 saturated heterocycles. The number of carbonyl (C=O) groups is 2. The molecule has 2 N–H and O–H groups in total. The summed E-state index contributed by atoms with van der Waals surface area (Å²) in [5, 5.41) is 0. The first-order valence-corrected chi connectivity index (χ1v) is 7.67. The Morgan fingerprint density at radius 3 is 2.24 bits per heavy atom. The van der Waals surface area contributed by atoms with Crippen LogP contribution in [0.15, 0.2) is 0 Å². The molecule has 0 radical (unpaired) electrons. The Morgan fingerprint density at radius 2 is 1.76 bits per heavy atom. The van der Waals surface area contributed by atoms with Gasteiger partial charge in [-0.3, -0.25) is 4.79 Å². The van der Waals surface area contributed by atoms with Gasteiger partial charge in [0.05, 0.1) is 5.92 Å². The average Bonchev–Trinajstić information content (AvgIpc) is 2.94. The van der Waals surface area contributed by atoms with Gasteiger partial charge in [-0.25, -0.2) is 4.79 Å². The zero-order chi connectivity index (χ0) is 15.9. The lowest BCUT2D eigenvalue weighted by Crippen LogP contribution is -2.54. The van der Waals surface area contributed by atoms with Crippen molar-refractivity contribution in [3.8, 4) is 0 Å². The highest BCUT2D eigenvalue weighted by Gasteiger charge is 2.48. The van der Waals surface area contributed by atoms with Gasteiger partial charge in [0.15, 0.2) is 0 Å². The summed E-state index contributed by atoms with van der Waals surface area (Å²) in [5.41, 5.74) is 5.57. The van der Waals surface area contributed by atoms with Gasteiger partial charge in [0.1, 0.15) is 5.60 Å². The largest absolute Gasteiger partial charge is 0.444 e. The van der Waals surface area contributed by atoms with Gasteiger partial charge in [0, 0.05) is 31.2 Å². The van der Waals surface area contributed by atoms with E-state index in [1.165, 1.54) is 0 Å². The zero-order valence-corrected chi connectivity index (χ0v) is 13.6. The fraction of sp³-hybridized carbons (Fsp3) is 0.867. The van der Waals surface area contributed by atoms with E-state index in [0.717, 1.165) is 0 Å². The molecule has 2 rings (SSSR count). The van der Waals surface area contributed by atoms with E-state index in [1.807, 2.05) is 39.5 Å². The van der Waals surface area contributed by atoms with Crippen molar-refractivity contribution in [3.05, 3.63) is 0 Å². The molecule has 0 bridgehead atoms. The van der Waals surface area contributed by atoms with E-state index in [1.54, 1.807) is 4.90 Å².